The molecule has 0 heterocycles. The molecule has 2 N–H and O–H groups in total. The summed E-state index contributed by atoms with van der Waals surface area (Å²) in [6.45, 7) is 3.84. The lowest BCUT2D eigenvalue weighted by Crippen LogP contribution is -2.31. The van der Waals surface area contributed by atoms with Crippen molar-refractivity contribution < 1.29 is 4.79 Å². The van der Waals surface area contributed by atoms with Gasteiger partial charge in [0.15, 0.2) is 0 Å². The maximum Gasteiger partial charge on any atom is 0.246 e. The molecule has 0 aliphatic rings. The minimum atomic E-state index is -0.337. The van der Waals surface area contributed by atoms with Crippen molar-refractivity contribution in [3.8, 4) is 0 Å². The van der Waals surface area contributed by atoms with Crippen molar-refractivity contribution in [1.82, 2.24) is 0 Å². The van der Waals surface area contributed by atoms with Crippen LogP contribution < -0.4 is 10.6 Å². The molecule has 0 aliphatic carbocycles. The van der Waals surface area contributed by atoms with Gasteiger partial charge in [-0.15, -0.1) is 0 Å². The van der Waals surface area contributed by atoms with E-state index < -0.39 is 0 Å². The molecular weight excluding hydrogens is 272 g/mol. The van der Waals surface area contributed by atoms with Crippen LogP contribution in [0.3, 0.4) is 0 Å². The van der Waals surface area contributed by atoms with Gasteiger partial charge in [-0.3, -0.25) is 4.79 Å². The van der Waals surface area contributed by atoms with Crippen molar-refractivity contribution in [3.05, 3.63) is 59.1 Å². The van der Waals surface area contributed by atoms with Crippen LogP contribution in [0, 0.1) is 6.92 Å². The minimum absolute atomic E-state index is 0.103. The van der Waals surface area contributed by atoms with Gasteiger partial charge < -0.3 is 10.6 Å². The highest BCUT2D eigenvalue weighted by atomic mass is 35.5. The summed E-state index contributed by atoms with van der Waals surface area (Å²) in [7, 11) is 0. The highest BCUT2D eigenvalue weighted by Crippen LogP contribution is 2.16. The molecule has 0 fully saturated rings. The van der Waals surface area contributed by atoms with Crippen LogP contribution >= 0.6 is 11.6 Å². The smallest absolute Gasteiger partial charge is 0.246 e. The number of aryl methyl sites for hydroxylation is 1. The second-order valence-electron chi connectivity index (χ2n) is 4.74. The average Bonchev–Trinajstić information content (AvgIpc) is 2.38. The third-order valence-corrected chi connectivity index (χ3v) is 3.12. The largest absolute Gasteiger partial charge is 0.374 e. The van der Waals surface area contributed by atoms with E-state index in [4.69, 9.17) is 11.6 Å². The predicted molar refractivity (Wildman–Crippen MR) is 84.3 cm³/mol. The second-order valence-corrected chi connectivity index (χ2v) is 5.17. The lowest BCUT2D eigenvalue weighted by molar-refractivity contribution is -0.116. The van der Waals surface area contributed by atoms with Gasteiger partial charge in [-0.1, -0.05) is 29.8 Å². The van der Waals surface area contributed by atoms with Crippen molar-refractivity contribution in [2.75, 3.05) is 10.6 Å². The third kappa shape index (κ3) is 4.00. The zero-order valence-corrected chi connectivity index (χ0v) is 12.2. The summed E-state index contributed by atoms with van der Waals surface area (Å²) in [5.74, 6) is -0.103. The molecule has 3 nitrogen and oxygen atoms in total. The van der Waals surface area contributed by atoms with E-state index in [1.165, 1.54) is 0 Å². The highest BCUT2D eigenvalue weighted by Gasteiger charge is 2.12. The molecular formula is C16H17ClN2O. The van der Waals surface area contributed by atoms with Crippen molar-refractivity contribution in [3.63, 3.8) is 0 Å². The summed E-state index contributed by atoms with van der Waals surface area (Å²) < 4.78 is 0. The van der Waals surface area contributed by atoms with Gasteiger partial charge in [-0.05, 0) is 49.7 Å². The molecule has 0 aliphatic heterocycles. The van der Waals surface area contributed by atoms with Crippen LogP contribution in [0.5, 0.6) is 0 Å². The normalized spacial score (nSPS) is 11.8. The number of rotatable bonds is 4. The van der Waals surface area contributed by atoms with E-state index in [0.29, 0.717) is 10.7 Å². The molecule has 1 atom stereocenters. The second kappa shape index (κ2) is 6.44. The number of carbonyl (C=O) groups is 1. The lowest BCUT2D eigenvalue weighted by Gasteiger charge is -2.15. The quantitative estimate of drug-likeness (QED) is 0.890. The molecule has 2 aromatic rings. The fourth-order valence-electron chi connectivity index (χ4n) is 1.87. The van der Waals surface area contributed by atoms with Crippen LogP contribution in [-0.4, -0.2) is 11.9 Å². The molecule has 0 saturated heterocycles. The van der Waals surface area contributed by atoms with Gasteiger partial charge in [-0.2, -0.15) is 0 Å². The molecule has 2 aromatic carbocycles. The fraction of sp³-hybridized carbons (Fsp3) is 0.188. The van der Waals surface area contributed by atoms with E-state index in [0.717, 1.165) is 11.3 Å². The van der Waals surface area contributed by atoms with Crippen LogP contribution in [0.1, 0.15) is 12.5 Å². The molecule has 0 aromatic heterocycles. The number of amides is 1. The molecule has 0 bridgehead atoms. The van der Waals surface area contributed by atoms with E-state index in [9.17, 15) is 4.79 Å². The van der Waals surface area contributed by atoms with Crippen molar-refractivity contribution >= 4 is 28.9 Å². The lowest BCUT2D eigenvalue weighted by atomic mass is 10.2. The van der Waals surface area contributed by atoms with Gasteiger partial charge in [-0.25, -0.2) is 0 Å². The Morgan fingerprint density at radius 1 is 1.10 bits per heavy atom. The van der Waals surface area contributed by atoms with E-state index >= 15 is 0 Å². The zero-order chi connectivity index (χ0) is 14.5. The number of carbonyl (C=O) groups excluding carboxylic acids is 1. The van der Waals surface area contributed by atoms with Gasteiger partial charge in [0.1, 0.15) is 6.04 Å². The highest BCUT2D eigenvalue weighted by molar-refractivity contribution is 6.30. The maximum atomic E-state index is 12.1. The molecule has 0 spiro atoms. The molecule has 2 rings (SSSR count). The minimum Gasteiger partial charge on any atom is -0.374 e. The number of hydrogen-bond donors (Lipinski definition) is 2. The summed E-state index contributed by atoms with van der Waals surface area (Å²) in [5, 5.41) is 6.60. The third-order valence-electron chi connectivity index (χ3n) is 2.89. The van der Waals surface area contributed by atoms with Gasteiger partial charge >= 0.3 is 0 Å². The number of nitrogens with one attached hydrogen (secondary N) is 2. The Morgan fingerprint density at radius 2 is 1.80 bits per heavy atom. The molecule has 20 heavy (non-hydrogen) atoms. The molecule has 0 unspecified atom stereocenters. The van der Waals surface area contributed by atoms with E-state index in [1.54, 1.807) is 18.2 Å². The van der Waals surface area contributed by atoms with Crippen molar-refractivity contribution in [1.29, 1.82) is 0 Å². The Labute approximate surface area is 124 Å². The van der Waals surface area contributed by atoms with Crippen molar-refractivity contribution in [2.24, 2.45) is 0 Å². The molecule has 4 heteroatoms. The first-order valence-corrected chi connectivity index (χ1v) is 6.82. The Kier molecular flexibility index (Phi) is 4.64. The number of halogens is 1. The van der Waals surface area contributed by atoms with Gasteiger partial charge in [0.05, 0.1) is 0 Å². The summed E-state index contributed by atoms with van der Waals surface area (Å²) in [4.78, 5) is 12.1. The first-order chi connectivity index (χ1) is 9.54. The molecule has 0 saturated carbocycles. The number of anilines is 2. The number of benzene rings is 2. The summed E-state index contributed by atoms with van der Waals surface area (Å²) in [5.41, 5.74) is 2.77. The SMILES string of the molecule is Cc1cccc(N[C@@H](C)C(=O)Nc2cccc(Cl)c2)c1. The first kappa shape index (κ1) is 14.4. The van der Waals surface area contributed by atoms with Crippen LogP contribution in [0.4, 0.5) is 11.4 Å². The molecule has 104 valence electrons. The van der Waals surface area contributed by atoms with Crippen LogP contribution in [0.15, 0.2) is 48.5 Å². The Balaban J connectivity index is 1.98. The van der Waals surface area contributed by atoms with Crippen LogP contribution in [0.2, 0.25) is 5.02 Å². The standard InChI is InChI=1S/C16H17ClN2O/c1-11-5-3-7-14(9-11)18-12(2)16(20)19-15-8-4-6-13(17)10-15/h3-10,12,18H,1-2H3,(H,19,20)/t12-/m0/s1. The topological polar surface area (TPSA) is 41.1 Å². The molecule has 0 radical (unpaired) electrons. The number of hydrogen-bond acceptors (Lipinski definition) is 2. The van der Waals surface area contributed by atoms with E-state index in [1.807, 2.05) is 44.2 Å². The summed E-state index contributed by atoms with van der Waals surface area (Å²) in [6, 6.07) is 14.7. The van der Waals surface area contributed by atoms with E-state index in [-0.39, 0.29) is 11.9 Å². The first-order valence-electron chi connectivity index (χ1n) is 6.44. The van der Waals surface area contributed by atoms with E-state index in [2.05, 4.69) is 10.6 Å². The predicted octanol–water partition coefficient (Wildman–Crippen LogP) is 4.09. The Bertz CT molecular complexity index is 613. The molecule has 1 amide bonds. The van der Waals surface area contributed by atoms with Crippen LogP contribution in [-0.2, 0) is 4.79 Å². The average molecular weight is 289 g/mol. The van der Waals surface area contributed by atoms with Gasteiger partial charge in [0, 0.05) is 16.4 Å². The summed E-state index contributed by atoms with van der Waals surface area (Å²) in [6.07, 6.45) is 0. The summed E-state index contributed by atoms with van der Waals surface area (Å²) >= 11 is 5.89. The monoisotopic (exact) mass is 288 g/mol. The Morgan fingerprint density at radius 3 is 2.50 bits per heavy atom. The maximum absolute atomic E-state index is 12.1. The zero-order valence-electron chi connectivity index (χ0n) is 11.5. The van der Waals surface area contributed by atoms with Crippen molar-refractivity contribution in [2.45, 2.75) is 19.9 Å². The van der Waals surface area contributed by atoms with Gasteiger partial charge in [0.25, 0.3) is 0 Å². The fourth-order valence-corrected chi connectivity index (χ4v) is 2.06. The van der Waals surface area contributed by atoms with Gasteiger partial charge in [0.2, 0.25) is 5.91 Å². The van der Waals surface area contributed by atoms with Crippen LogP contribution in [0.25, 0.3) is 0 Å². The Hall–Kier alpha value is -2.00.